The molecule has 0 fully saturated rings. The van der Waals surface area contributed by atoms with Crippen LogP contribution in [-0.4, -0.2) is 70.1 Å². The number of aliphatic hydroxyl groups is 4. The summed E-state index contributed by atoms with van der Waals surface area (Å²) in [6.07, 6.45) is 9.65. The number of rotatable bonds is 16. The second-order valence-electron chi connectivity index (χ2n) is 6.18. The summed E-state index contributed by atoms with van der Waals surface area (Å²) < 4.78 is 4.72. The molecule has 7 heteroatoms. The van der Waals surface area contributed by atoms with E-state index < -0.39 is 18.2 Å². The molecule has 0 radical (unpaired) electrons. The van der Waals surface area contributed by atoms with E-state index in [2.05, 4.69) is 6.92 Å². The maximum atomic E-state index is 10.2. The molecule has 7 nitrogen and oxygen atoms in total. The Balaban J connectivity index is 0. The second kappa shape index (κ2) is 21.3. The number of ether oxygens (including phenoxy) is 1. The zero-order valence-electron chi connectivity index (χ0n) is 15.6. The first-order valence-electron chi connectivity index (χ1n) is 9.35. The van der Waals surface area contributed by atoms with Crippen molar-refractivity contribution in [2.24, 2.45) is 0 Å². The van der Waals surface area contributed by atoms with Crippen LogP contribution >= 0.6 is 0 Å². The first-order chi connectivity index (χ1) is 12.0. The zero-order chi connectivity index (χ0) is 19.3. The molecule has 0 aliphatic carbocycles. The van der Waals surface area contributed by atoms with Gasteiger partial charge in [-0.1, -0.05) is 58.3 Å². The van der Waals surface area contributed by atoms with Crippen molar-refractivity contribution in [1.29, 1.82) is 0 Å². The summed E-state index contributed by atoms with van der Waals surface area (Å²) in [6.45, 7) is 1.43. The largest absolute Gasteiger partial charge is 0.481 e. The topological polar surface area (TPSA) is 127 Å². The summed E-state index contributed by atoms with van der Waals surface area (Å²) in [5, 5.41) is 42.5. The first kappa shape index (κ1) is 26.5. The van der Waals surface area contributed by atoms with Crippen LogP contribution in [0.5, 0.6) is 0 Å². The number of carboxylic acids is 1. The fourth-order valence-corrected chi connectivity index (χ4v) is 2.03. The minimum Gasteiger partial charge on any atom is -0.481 e. The van der Waals surface area contributed by atoms with Gasteiger partial charge in [0.25, 0.3) is 0 Å². The van der Waals surface area contributed by atoms with Gasteiger partial charge in [0, 0.05) is 6.42 Å². The highest BCUT2D eigenvalue weighted by Crippen LogP contribution is 2.10. The number of carbonyl (C=O) groups is 1. The Morgan fingerprint density at radius 1 is 0.800 bits per heavy atom. The van der Waals surface area contributed by atoms with Gasteiger partial charge in [0.15, 0.2) is 0 Å². The van der Waals surface area contributed by atoms with Gasteiger partial charge < -0.3 is 30.3 Å². The number of unbranched alkanes of at least 4 members (excludes halogenated alkanes) is 8. The Labute approximate surface area is 151 Å². The third-order valence-corrected chi connectivity index (χ3v) is 3.54. The highest BCUT2D eigenvalue weighted by atomic mass is 16.5. The smallest absolute Gasteiger partial charge is 0.303 e. The van der Waals surface area contributed by atoms with Gasteiger partial charge in [-0.2, -0.15) is 0 Å². The minimum atomic E-state index is -0.916. The fourth-order valence-electron chi connectivity index (χ4n) is 2.03. The van der Waals surface area contributed by atoms with Crippen LogP contribution in [0.4, 0.5) is 0 Å². The fraction of sp³-hybridized carbons (Fsp3) is 0.944. The van der Waals surface area contributed by atoms with E-state index in [4.69, 9.17) is 30.3 Å². The summed E-state index contributed by atoms with van der Waals surface area (Å²) in [5.41, 5.74) is 0. The Kier molecular flexibility index (Phi) is 22.6. The summed E-state index contributed by atoms with van der Waals surface area (Å²) in [5.74, 6) is -0.659. The Morgan fingerprint density at radius 3 is 1.56 bits per heavy atom. The van der Waals surface area contributed by atoms with Gasteiger partial charge in [-0.25, -0.2) is 0 Å². The van der Waals surface area contributed by atoms with Crippen molar-refractivity contribution in [3.63, 3.8) is 0 Å². The molecule has 0 aliphatic heterocycles. The molecular formula is C18H38O7. The SMILES string of the molecule is CCCCCCCCCCCC(=O)O.OCC(O)COCC(O)CO. The highest BCUT2D eigenvalue weighted by molar-refractivity contribution is 5.66. The van der Waals surface area contributed by atoms with E-state index in [1.165, 1.54) is 44.9 Å². The van der Waals surface area contributed by atoms with Crippen LogP contribution in [0.15, 0.2) is 0 Å². The van der Waals surface area contributed by atoms with Crippen LogP contribution in [0.3, 0.4) is 0 Å². The molecule has 0 spiro atoms. The van der Waals surface area contributed by atoms with Crippen LogP contribution in [0, 0.1) is 0 Å². The molecule has 0 heterocycles. The maximum absolute atomic E-state index is 10.2. The summed E-state index contributed by atoms with van der Waals surface area (Å²) >= 11 is 0. The predicted molar refractivity (Wildman–Crippen MR) is 96.5 cm³/mol. The van der Waals surface area contributed by atoms with E-state index in [0.29, 0.717) is 6.42 Å². The van der Waals surface area contributed by atoms with Gasteiger partial charge in [0.05, 0.1) is 26.4 Å². The van der Waals surface area contributed by atoms with E-state index in [9.17, 15) is 4.79 Å². The standard InChI is InChI=1S/C12H24O2.C6H14O5/c1-2-3-4-5-6-7-8-9-10-11-12(13)14;7-1-5(9)3-11-4-6(10)2-8/h2-11H2,1H3,(H,13,14);5-10H,1-4H2. The second-order valence-corrected chi connectivity index (χ2v) is 6.18. The molecule has 0 bridgehead atoms. The van der Waals surface area contributed by atoms with Crippen molar-refractivity contribution in [2.75, 3.05) is 26.4 Å². The maximum Gasteiger partial charge on any atom is 0.303 e. The van der Waals surface area contributed by atoms with Gasteiger partial charge in [-0.3, -0.25) is 4.79 Å². The minimum absolute atomic E-state index is 0.0342. The number of hydrogen-bond donors (Lipinski definition) is 5. The van der Waals surface area contributed by atoms with Crippen molar-refractivity contribution in [2.45, 2.75) is 83.3 Å². The van der Waals surface area contributed by atoms with Gasteiger partial charge in [0.2, 0.25) is 0 Å². The molecule has 0 aromatic carbocycles. The molecule has 0 rings (SSSR count). The summed E-state index contributed by atoms with van der Waals surface area (Å²) in [4.78, 5) is 10.2. The first-order valence-corrected chi connectivity index (χ1v) is 9.35. The highest BCUT2D eigenvalue weighted by Gasteiger charge is 2.05. The lowest BCUT2D eigenvalue weighted by Gasteiger charge is -2.10. The molecule has 25 heavy (non-hydrogen) atoms. The van der Waals surface area contributed by atoms with Crippen LogP contribution in [0.2, 0.25) is 0 Å². The Bertz CT molecular complexity index is 264. The lowest BCUT2D eigenvalue weighted by molar-refractivity contribution is -0.137. The average Bonchev–Trinajstić information content (AvgIpc) is 2.60. The molecule has 0 amide bonds. The van der Waals surface area contributed by atoms with Crippen LogP contribution < -0.4 is 0 Å². The van der Waals surface area contributed by atoms with Crippen molar-refractivity contribution in [1.82, 2.24) is 0 Å². The summed E-state index contributed by atoms with van der Waals surface area (Å²) in [7, 11) is 0. The third-order valence-electron chi connectivity index (χ3n) is 3.54. The molecule has 0 aliphatic rings. The monoisotopic (exact) mass is 366 g/mol. The summed E-state index contributed by atoms with van der Waals surface area (Å²) in [6, 6.07) is 0. The lowest BCUT2D eigenvalue weighted by Crippen LogP contribution is -2.25. The van der Waals surface area contributed by atoms with Gasteiger partial charge >= 0.3 is 5.97 Å². The average molecular weight is 366 g/mol. The van der Waals surface area contributed by atoms with Gasteiger partial charge in [-0.05, 0) is 6.42 Å². The molecule has 152 valence electrons. The van der Waals surface area contributed by atoms with Crippen molar-refractivity contribution < 1.29 is 35.1 Å². The van der Waals surface area contributed by atoms with Gasteiger partial charge in [-0.15, -0.1) is 0 Å². The Hall–Kier alpha value is -0.730. The molecule has 0 aromatic rings. The van der Waals surface area contributed by atoms with E-state index >= 15 is 0 Å². The molecule has 2 atom stereocenters. The number of carboxylic acid groups (broad SMARTS) is 1. The van der Waals surface area contributed by atoms with Crippen molar-refractivity contribution >= 4 is 5.97 Å². The molecule has 0 saturated heterocycles. The normalized spacial score (nSPS) is 13.0. The number of aliphatic carboxylic acids is 1. The van der Waals surface area contributed by atoms with E-state index in [1.807, 2.05) is 0 Å². The Morgan fingerprint density at radius 2 is 1.20 bits per heavy atom. The molecule has 0 saturated carbocycles. The van der Waals surface area contributed by atoms with Gasteiger partial charge in [0.1, 0.15) is 12.2 Å². The van der Waals surface area contributed by atoms with E-state index in [1.54, 1.807) is 0 Å². The third kappa shape index (κ3) is 25.6. The quantitative estimate of drug-likeness (QED) is 0.263. The van der Waals surface area contributed by atoms with Crippen LogP contribution in [-0.2, 0) is 9.53 Å². The predicted octanol–water partition coefficient (Wildman–Crippen LogP) is 1.70. The van der Waals surface area contributed by atoms with Crippen molar-refractivity contribution in [3.8, 4) is 0 Å². The van der Waals surface area contributed by atoms with Crippen molar-refractivity contribution in [3.05, 3.63) is 0 Å². The van der Waals surface area contributed by atoms with E-state index in [0.717, 1.165) is 12.8 Å². The number of hydrogen-bond acceptors (Lipinski definition) is 6. The number of aliphatic hydroxyl groups excluding tert-OH is 4. The zero-order valence-corrected chi connectivity index (χ0v) is 15.6. The van der Waals surface area contributed by atoms with E-state index in [-0.39, 0.29) is 26.4 Å². The lowest BCUT2D eigenvalue weighted by atomic mass is 10.1. The van der Waals surface area contributed by atoms with Crippen LogP contribution in [0.25, 0.3) is 0 Å². The molecular weight excluding hydrogens is 328 g/mol. The van der Waals surface area contributed by atoms with Crippen LogP contribution in [0.1, 0.15) is 71.1 Å². The molecule has 5 N–H and O–H groups in total. The molecule has 0 aromatic heterocycles. The molecule has 2 unspecified atom stereocenters.